The predicted molar refractivity (Wildman–Crippen MR) is 92.5 cm³/mol. The fraction of sp³-hybridized carbons (Fsp3) is 0.500. The molecule has 2 unspecified atom stereocenters. The van der Waals surface area contributed by atoms with Gasteiger partial charge in [0.05, 0.1) is 18.0 Å². The lowest BCUT2D eigenvalue weighted by molar-refractivity contribution is -0.143. The second-order valence-corrected chi connectivity index (χ2v) is 7.43. The molecule has 2 rings (SSSR count). The van der Waals surface area contributed by atoms with Gasteiger partial charge < -0.3 is 4.74 Å². The molecule has 4 nitrogen and oxygen atoms in total. The van der Waals surface area contributed by atoms with Crippen LogP contribution < -0.4 is 0 Å². The molecule has 0 aliphatic carbocycles. The van der Waals surface area contributed by atoms with Crippen molar-refractivity contribution in [3.8, 4) is 0 Å². The lowest BCUT2D eigenvalue weighted by Crippen LogP contribution is -2.30. The first kappa shape index (κ1) is 17.9. The Balaban J connectivity index is 2.46. The Kier molecular flexibility index (Phi) is 5.11. The predicted octanol–water partition coefficient (Wildman–Crippen LogP) is 3.22. The number of rotatable bonds is 6. The molecule has 1 aromatic rings. The van der Waals surface area contributed by atoms with Gasteiger partial charge in [0.1, 0.15) is 11.0 Å². The molecule has 0 radical (unpaired) electrons. The monoisotopic (exact) mass is 335 g/mol. The van der Waals surface area contributed by atoms with Crippen molar-refractivity contribution in [2.24, 2.45) is 0 Å². The van der Waals surface area contributed by atoms with Crippen LogP contribution >= 0.6 is 0 Å². The Morgan fingerprint density at radius 3 is 2.39 bits per heavy atom. The number of esters is 1. The maximum absolute atomic E-state index is 13.2. The Morgan fingerprint density at radius 2 is 1.96 bits per heavy atom. The fourth-order valence-electron chi connectivity index (χ4n) is 3.44. The molecule has 0 N–H and O–H groups in total. The highest BCUT2D eigenvalue weighted by molar-refractivity contribution is 7.83. The Hall–Kier alpha value is -1.46. The summed E-state index contributed by atoms with van der Waals surface area (Å²) >= 11 is 0. The molecule has 1 saturated heterocycles. The average molecular weight is 335 g/mol. The standard InChI is InChI=1S/C18H25NO3S/c1-7-9-15-18(8-2,17(20)22-6)19(15)23(21)16-13(4)10-12(3)11-14(16)5/h8,10-11,15H,2,7,9H2,1,3-6H3/t15-,18+,19?,23?/m0/s1. The van der Waals surface area contributed by atoms with Crippen molar-refractivity contribution in [1.29, 1.82) is 0 Å². The molecule has 23 heavy (non-hydrogen) atoms. The third-order valence-corrected chi connectivity index (χ3v) is 6.34. The summed E-state index contributed by atoms with van der Waals surface area (Å²) in [4.78, 5) is 13.1. The molecular formula is C18H25NO3S. The van der Waals surface area contributed by atoms with Crippen LogP contribution in [-0.4, -0.2) is 33.2 Å². The lowest BCUT2D eigenvalue weighted by atomic mass is 10.0. The number of hydrogen-bond acceptors (Lipinski definition) is 3. The smallest absolute Gasteiger partial charge is 0.332 e. The lowest BCUT2D eigenvalue weighted by Gasteiger charge is -2.14. The van der Waals surface area contributed by atoms with Crippen LogP contribution in [-0.2, 0) is 20.5 Å². The van der Waals surface area contributed by atoms with Crippen molar-refractivity contribution < 1.29 is 13.7 Å². The minimum atomic E-state index is -1.42. The van der Waals surface area contributed by atoms with Crippen LogP contribution in [0.15, 0.2) is 29.7 Å². The van der Waals surface area contributed by atoms with E-state index in [1.165, 1.54) is 7.11 Å². The third-order valence-electron chi connectivity index (χ3n) is 4.43. The topological polar surface area (TPSA) is 46.4 Å². The van der Waals surface area contributed by atoms with E-state index in [0.717, 1.165) is 34.4 Å². The molecule has 0 amide bonds. The minimum Gasteiger partial charge on any atom is -0.467 e. The number of ether oxygens (including phenoxy) is 1. The third kappa shape index (κ3) is 2.76. The van der Waals surface area contributed by atoms with E-state index in [1.54, 1.807) is 10.4 Å². The zero-order valence-corrected chi connectivity index (χ0v) is 15.3. The molecule has 126 valence electrons. The van der Waals surface area contributed by atoms with Crippen LogP contribution in [0, 0.1) is 20.8 Å². The zero-order chi connectivity index (χ0) is 17.4. The first-order valence-corrected chi connectivity index (χ1v) is 8.96. The number of carbonyl (C=O) groups is 1. The van der Waals surface area contributed by atoms with Crippen LogP contribution in [0.25, 0.3) is 0 Å². The second kappa shape index (κ2) is 6.57. The van der Waals surface area contributed by atoms with Crippen molar-refractivity contribution in [3.05, 3.63) is 41.5 Å². The molecule has 0 aromatic heterocycles. The number of nitrogens with zero attached hydrogens (tertiary/aromatic N) is 1. The Morgan fingerprint density at radius 1 is 1.39 bits per heavy atom. The molecule has 1 heterocycles. The van der Waals surface area contributed by atoms with E-state index in [1.807, 2.05) is 39.8 Å². The van der Waals surface area contributed by atoms with Crippen molar-refractivity contribution in [2.75, 3.05) is 7.11 Å². The number of benzene rings is 1. The molecular weight excluding hydrogens is 310 g/mol. The van der Waals surface area contributed by atoms with Crippen LogP contribution in [0.3, 0.4) is 0 Å². The minimum absolute atomic E-state index is 0.126. The van der Waals surface area contributed by atoms with Gasteiger partial charge in [-0.05, 0) is 38.3 Å². The molecule has 0 saturated carbocycles. The van der Waals surface area contributed by atoms with Gasteiger partial charge in [0.25, 0.3) is 0 Å². The fourth-order valence-corrected chi connectivity index (χ4v) is 5.30. The highest BCUT2D eigenvalue weighted by Gasteiger charge is 2.69. The summed E-state index contributed by atoms with van der Waals surface area (Å²) in [6.45, 7) is 11.8. The van der Waals surface area contributed by atoms with Crippen molar-refractivity contribution in [3.63, 3.8) is 0 Å². The van der Waals surface area contributed by atoms with E-state index in [4.69, 9.17) is 4.74 Å². The van der Waals surface area contributed by atoms with Gasteiger partial charge in [0.2, 0.25) is 0 Å². The van der Waals surface area contributed by atoms with Crippen LogP contribution in [0.4, 0.5) is 0 Å². The van der Waals surface area contributed by atoms with Gasteiger partial charge in [-0.15, -0.1) is 6.58 Å². The van der Waals surface area contributed by atoms with Gasteiger partial charge in [-0.2, -0.15) is 4.31 Å². The van der Waals surface area contributed by atoms with E-state index in [-0.39, 0.29) is 12.0 Å². The summed E-state index contributed by atoms with van der Waals surface area (Å²) in [5.41, 5.74) is 2.12. The van der Waals surface area contributed by atoms with Crippen LogP contribution in [0.1, 0.15) is 36.5 Å². The summed E-state index contributed by atoms with van der Waals surface area (Å²) < 4.78 is 19.9. The summed E-state index contributed by atoms with van der Waals surface area (Å²) in [7, 11) is -0.0577. The van der Waals surface area contributed by atoms with E-state index >= 15 is 0 Å². The van der Waals surface area contributed by atoms with Gasteiger partial charge in [0, 0.05) is 0 Å². The number of carbonyl (C=O) groups excluding carboxylic acids is 1. The molecule has 1 aliphatic rings. The second-order valence-electron chi connectivity index (χ2n) is 6.13. The van der Waals surface area contributed by atoms with E-state index in [9.17, 15) is 9.00 Å². The maximum Gasteiger partial charge on any atom is 0.332 e. The Labute approximate surface area is 141 Å². The average Bonchev–Trinajstić information content (AvgIpc) is 3.14. The molecule has 0 spiro atoms. The van der Waals surface area contributed by atoms with Crippen LogP contribution in [0.5, 0.6) is 0 Å². The first-order chi connectivity index (χ1) is 10.8. The highest BCUT2D eigenvalue weighted by Crippen LogP contribution is 2.49. The van der Waals surface area contributed by atoms with Gasteiger partial charge in [-0.3, -0.25) is 0 Å². The highest BCUT2D eigenvalue weighted by atomic mass is 32.2. The summed E-state index contributed by atoms with van der Waals surface area (Å²) in [6.07, 6.45) is 3.25. The molecule has 0 bridgehead atoms. The number of hydrogen-bond donors (Lipinski definition) is 0. The Bertz CT molecular complexity index is 647. The van der Waals surface area contributed by atoms with E-state index < -0.39 is 16.5 Å². The van der Waals surface area contributed by atoms with E-state index in [0.29, 0.717) is 0 Å². The van der Waals surface area contributed by atoms with Crippen LogP contribution in [0.2, 0.25) is 0 Å². The molecule has 1 aliphatic heterocycles. The molecule has 5 heteroatoms. The van der Waals surface area contributed by atoms with Gasteiger partial charge in [-0.25, -0.2) is 9.00 Å². The van der Waals surface area contributed by atoms with Gasteiger partial charge >= 0.3 is 5.97 Å². The van der Waals surface area contributed by atoms with E-state index in [2.05, 4.69) is 6.58 Å². The summed E-state index contributed by atoms with van der Waals surface area (Å²) in [5.74, 6) is -0.387. The largest absolute Gasteiger partial charge is 0.467 e. The quantitative estimate of drug-likeness (QED) is 0.455. The van der Waals surface area contributed by atoms with Crippen molar-refractivity contribution in [2.45, 2.75) is 57.0 Å². The maximum atomic E-state index is 13.2. The van der Waals surface area contributed by atoms with Crippen molar-refractivity contribution >= 4 is 17.0 Å². The first-order valence-electron chi connectivity index (χ1n) is 7.86. The van der Waals surface area contributed by atoms with Gasteiger partial charge in [-0.1, -0.05) is 37.1 Å². The summed E-state index contributed by atoms with van der Waals surface area (Å²) in [5, 5.41) is 0. The number of methoxy groups -OCH3 is 1. The SMILES string of the molecule is C=C[C@]1(C(=O)OC)[C@H](CCC)N1S(=O)c1c(C)cc(C)cc1C. The summed E-state index contributed by atoms with van der Waals surface area (Å²) in [6, 6.07) is 3.91. The molecule has 4 atom stereocenters. The van der Waals surface area contributed by atoms with Gasteiger partial charge in [0.15, 0.2) is 5.54 Å². The number of aryl methyl sites for hydroxylation is 3. The van der Waals surface area contributed by atoms with Crippen molar-refractivity contribution in [1.82, 2.24) is 4.31 Å². The molecule has 1 aromatic carbocycles. The normalized spacial score (nSPS) is 27.3. The zero-order valence-electron chi connectivity index (χ0n) is 14.5. The molecule has 1 fully saturated rings.